The second-order valence-corrected chi connectivity index (χ2v) is 8.76. The fourth-order valence-electron chi connectivity index (χ4n) is 4.65. The number of nitrogens with two attached hydrogens (primary N) is 1. The van der Waals surface area contributed by atoms with Gasteiger partial charge in [0.05, 0.1) is 11.1 Å². The molecule has 166 valence electrons. The van der Waals surface area contributed by atoms with Gasteiger partial charge in [-0.3, -0.25) is 29.4 Å². The lowest BCUT2D eigenvalue weighted by molar-refractivity contribution is -0.136. The normalized spacial score (nSPS) is 28.6. The lowest BCUT2D eigenvalue weighted by Crippen LogP contribution is -2.54. The van der Waals surface area contributed by atoms with Gasteiger partial charge in [-0.15, -0.1) is 0 Å². The molecule has 1 aliphatic carbocycles. The zero-order valence-corrected chi connectivity index (χ0v) is 17.3. The Bertz CT molecular complexity index is 926. The third-order valence-corrected chi connectivity index (χ3v) is 6.63. The number of benzene rings is 1. The Kier molecular flexibility index (Phi) is 5.90. The first-order chi connectivity index (χ1) is 14.8. The van der Waals surface area contributed by atoms with E-state index in [-0.39, 0.29) is 30.5 Å². The molecule has 0 spiro atoms. The van der Waals surface area contributed by atoms with Crippen molar-refractivity contribution in [3.8, 4) is 0 Å². The number of nitrogens with one attached hydrogen (secondary N) is 2. The van der Waals surface area contributed by atoms with Crippen molar-refractivity contribution in [1.82, 2.24) is 15.5 Å². The molecule has 8 nitrogen and oxygen atoms in total. The molecular formula is C22H27FN4O4. The monoisotopic (exact) mass is 430 g/mol. The number of carbonyl (C=O) groups is 4. The van der Waals surface area contributed by atoms with Crippen molar-refractivity contribution in [3.63, 3.8) is 0 Å². The van der Waals surface area contributed by atoms with E-state index in [0.29, 0.717) is 25.3 Å². The summed E-state index contributed by atoms with van der Waals surface area (Å²) in [6.45, 7) is 1.33. The minimum Gasteiger partial charge on any atom is -0.328 e. The van der Waals surface area contributed by atoms with Crippen LogP contribution < -0.4 is 16.4 Å². The number of piperidine rings is 1. The van der Waals surface area contributed by atoms with Gasteiger partial charge in [-0.05, 0) is 62.3 Å². The summed E-state index contributed by atoms with van der Waals surface area (Å²) in [5.41, 5.74) is 5.68. The highest BCUT2D eigenvalue weighted by Crippen LogP contribution is 2.34. The number of rotatable bonds is 6. The van der Waals surface area contributed by atoms with E-state index in [4.69, 9.17) is 5.73 Å². The molecule has 0 bridgehead atoms. The van der Waals surface area contributed by atoms with Gasteiger partial charge in [-0.2, -0.15) is 0 Å². The van der Waals surface area contributed by atoms with Crippen LogP contribution in [0.5, 0.6) is 0 Å². The van der Waals surface area contributed by atoms with Crippen LogP contribution in [0.4, 0.5) is 4.39 Å². The summed E-state index contributed by atoms with van der Waals surface area (Å²) in [6, 6.07) is 4.11. The van der Waals surface area contributed by atoms with Crippen LogP contribution >= 0.6 is 0 Å². The van der Waals surface area contributed by atoms with E-state index in [0.717, 1.165) is 29.8 Å². The van der Waals surface area contributed by atoms with Gasteiger partial charge in [0.2, 0.25) is 11.8 Å². The van der Waals surface area contributed by atoms with Gasteiger partial charge in [-0.1, -0.05) is 6.07 Å². The number of hydrogen-bond acceptors (Lipinski definition) is 6. The molecule has 1 saturated carbocycles. The lowest BCUT2D eigenvalue weighted by atomic mass is 9.80. The van der Waals surface area contributed by atoms with E-state index < -0.39 is 35.3 Å². The average Bonchev–Trinajstić information content (AvgIpc) is 3.00. The largest absolute Gasteiger partial charge is 0.328 e. The Balaban J connectivity index is 1.36. The van der Waals surface area contributed by atoms with Crippen LogP contribution in [0.25, 0.3) is 0 Å². The van der Waals surface area contributed by atoms with Gasteiger partial charge in [0.25, 0.3) is 11.8 Å². The summed E-state index contributed by atoms with van der Waals surface area (Å²) in [6.07, 6.45) is 2.78. The van der Waals surface area contributed by atoms with Crippen molar-refractivity contribution in [1.29, 1.82) is 0 Å². The number of imide groups is 2. The molecule has 3 aliphatic rings. The topological polar surface area (TPSA) is 122 Å². The van der Waals surface area contributed by atoms with Crippen molar-refractivity contribution >= 4 is 23.6 Å². The van der Waals surface area contributed by atoms with E-state index in [1.54, 1.807) is 18.2 Å². The number of nitrogens with zero attached hydrogens (tertiary/aromatic N) is 1. The Hall–Kier alpha value is -2.65. The highest BCUT2D eigenvalue weighted by atomic mass is 19.1. The zero-order chi connectivity index (χ0) is 22.2. The Labute approximate surface area is 179 Å². The second kappa shape index (κ2) is 8.47. The van der Waals surface area contributed by atoms with Gasteiger partial charge < -0.3 is 11.1 Å². The fourth-order valence-corrected chi connectivity index (χ4v) is 4.65. The number of carbonyl (C=O) groups excluding carboxylic acids is 4. The number of amides is 4. The first-order valence-corrected chi connectivity index (χ1v) is 10.8. The van der Waals surface area contributed by atoms with Crippen LogP contribution in [0.1, 0.15) is 64.8 Å². The van der Waals surface area contributed by atoms with E-state index >= 15 is 0 Å². The summed E-state index contributed by atoms with van der Waals surface area (Å²) >= 11 is 0. The molecule has 1 atom stereocenters. The molecule has 2 fully saturated rings. The number of hydrogen-bond donors (Lipinski definition) is 3. The van der Waals surface area contributed by atoms with Gasteiger partial charge in [-0.25, -0.2) is 4.39 Å². The summed E-state index contributed by atoms with van der Waals surface area (Å²) < 4.78 is 14.2. The lowest BCUT2D eigenvalue weighted by Gasteiger charge is -2.33. The molecule has 1 unspecified atom stereocenters. The van der Waals surface area contributed by atoms with Gasteiger partial charge in [0, 0.05) is 19.5 Å². The molecule has 2 aliphatic heterocycles. The first kappa shape index (κ1) is 21.6. The molecule has 1 aromatic carbocycles. The maximum atomic E-state index is 14.2. The van der Waals surface area contributed by atoms with Crippen molar-refractivity contribution < 1.29 is 23.6 Å². The van der Waals surface area contributed by atoms with Crippen LogP contribution in [0.3, 0.4) is 0 Å². The molecule has 31 heavy (non-hydrogen) atoms. The van der Waals surface area contributed by atoms with E-state index in [1.165, 1.54) is 0 Å². The molecule has 1 aromatic rings. The minimum absolute atomic E-state index is 0.0743. The van der Waals surface area contributed by atoms with E-state index in [1.807, 2.05) is 0 Å². The molecule has 0 radical (unpaired) electrons. The Morgan fingerprint density at radius 1 is 1.10 bits per heavy atom. The highest BCUT2D eigenvalue weighted by molar-refractivity contribution is 6.23. The molecule has 9 heteroatoms. The summed E-state index contributed by atoms with van der Waals surface area (Å²) in [5, 5.41) is 5.54. The number of alkyl halides is 1. The van der Waals surface area contributed by atoms with Crippen LogP contribution in [0, 0.1) is 5.92 Å². The highest BCUT2D eigenvalue weighted by Gasteiger charge is 2.44. The maximum Gasteiger partial charge on any atom is 0.262 e. The average molecular weight is 430 g/mol. The van der Waals surface area contributed by atoms with Gasteiger partial charge >= 0.3 is 0 Å². The molecule has 2 heterocycles. The molecule has 0 aromatic heterocycles. The third-order valence-electron chi connectivity index (χ3n) is 6.63. The third kappa shape index (κ3) is 4.24. The van der Waals surface area contributed by atoms with Gasteiger partial charge in [0.1, 0.15) is 11.7 Å². The van der Waals surface area contributed by atoms with Crippen molar-refractivity contribution in [2.24, 2.45) is 11.7 Å². The van der Waals surface area contributed by atoms with Crippen molar-refractivity contribution in [2.45, 2.75) is 56.8 Å². The number of halogens is 1. The zero-order valence-electron chi connectivity index (χ0n) is 17.3. The molecular weight excluding hydrogens is 403 g/mol. The maximum absolute atomic E-state index is 14.2. The molecule has 1 saturated heterocycles. The molecule has 4 N–H and O–H groups in total. The van der Waals surface area contributed by atoms with Crippen molar-refractivity contribution in [3.05, 3.63) is 34.9 Å². The Morgan fingerprint density at radius 2 is 1.81 bits per heavy atom. The second-order valence-electron chi connectivity index (χ2n) is 8.76. The van der Waals surface area contributed by atoms with Crippen LogP contribution in [-0.2, 0) is 16.1 Å². The SMILES string of the molecule is NCC1(F)CCC(CNCc2ccc3c(c2)C(=O)N(C2CCC(=O)NC2=O)C3=O)CC1. The van der Waals surface area contributed by atoms with Crippen molar-refractivity contribution in [2.75, 3.05) is 13.1 Å². The standard InChI is InChI=1S/C22H27FN4O4/c23-22(12-24)7-5-13(6-8-22)10-25-11-14-1-2-15-16(9-14)21(31)27(20(15)30)17-3-4-18(28)26-19(17)29/h1-2,9,13,17,25H,3-8,10-12,24H2,(H,26,28,29). The first-order valence-electron chi connectivity index (χ1n) is 10.8. The fraction of sp³-hybridized carbons (Fsp3) is 0.545. The van der Waals surface area contributed by atoms with Crippen LogP contribution in [-0.4, -0.2) is 53.3 Å². The van der Waals surface area contributed by atoms with Gasteiger partial charge in [0.15, 0.2) is 0 Å². The quantitative estimate of drug-likeness (QED) is 0.580. The van der Waals surface area contributed by atoms with E-state index in [9.17, 15) is 23.6 Å². The molecule has 4 amide bonds. The molecule has 4 rings (SSSR count). The summed E-state index contributed by atoms with van der Waals surface area (Å²) in [5.74, 6) is -1.65. The predicted octanol–water partition coefficient (Wildman–Crippen LogP) is 1.03. The van der Waals surface area contributed by atoms with Crippen LogP contribution in [0.2, 0.25) is 0 Å². The number of fused-ring (bicyclic) bond motifs is 1. The Morgan fingerprint density at radius 3 is 2.48 bits per heavy atom. The minimum atomic E-state index is -1.22. The van der Waals surface area contributed by atoms with Crippen LogP contribution in [0.15, 0.2) is 18.2 Å². The predicted molar refractivity (Wildman–Crippen MR) is 110 cm³/mol. The summed E-state index contributed by atoms with van der Waals surface area (Å²) in [4.78, 5) is 50.1. The summed E-state index contributed by atoms with van der Waals surface area (Å²) in [7, 11) is 0. The van der Waals surface area contributed by atoms with E-state index in [2.05, 4.69) is 10.6 Å². The smallest absolute Gasteiger partial charge is 0.262 e.